The van der Waals surface area contributed by atoms with Crippen molar-refractivity contribution in [2.75, 3.05) is 0 Å². The number of pyridine rings is 1. The van der Waals surface area contributed by atoms with Gasteiger partial charge >= 0.3 is 0 Å². The average molecular weight is 550 g/mol. The summed E-state index contributed by atoms with van der Waals surface area (Å²) in [5.74, 6) is 0. The molecule has 3 nitrogen and oxygen atoms in total. The molecule has 0 aliphatic heterocycles. The van der Waals surface area contributed by atoms with Crippen molar-refractivity contribution in [2.45, 2.75) is 6.92 Å². The molecule has 0 amide bonds. The van der Waals surface area contributed by atoms with E-state index in [4.69, 9.17) is 4.98 Å². The van der Waals surface area contributed by atoms with Crippen molar-refractivity contribution in [3.8, 4) is 39.6 Å². The van der Waals surface area contributed by atoms with Gasteiger partial charge in [0.2, 0.25) is 0 Å². The minimum atomic E-state index is 0.662. The summed E-state index contributed by atoms with van der Waals surface area (Å²) in [5, 5.41) is 14.9. The van der Waals surface area contributed by atoms with Crippen LogP contribution >= 0.6 is 0 Å². The number of aliphatic imine (C=N–C) groups is 1. The van der Waals surface area contributed by atoms with Crippen LogP contribution in [0.15, 0.2) is 132 Å². The second-order valence-corrected chi connectivity index (χ2v) is 10.6. The molecule has 0 saturated carbocycles. The first-order valence-electron chi connectivity index (χ1n) is 14.3. The minimum Gasteiger partial charge on any atom is -0.262 e. The molecule has 7 aromatic rings. The Hall–Kier alpha value is -5.85. The Morgan fingerprint density at radius 1 is 0.674 bits per heavy atom. The first-order chi connectivity index (χ1) is 21.1. The Labute approximate surface area is 250 Å². The molecule has 0 aliphatic rings. The first-order valence-corrected chi connectivity index (χ1v) is 14.3. The molecule has 43 heavy (non-hydrogen) atoms. The smallest absolute Gasteiger partial charge is 0.0991 e. The summed E-state index contributed by atoms with van der Waals surface area (Å²) in [6.07, 6.45) is 4.05. The van der Waals surface area contributed by atoms with Gasteiger partial charge in [0.1, 0.15) is 0 Å². The first kappa shape index (κ1) is 26.1. The Kier molecular flexibility index (Phi) is 6.58. The zero-order valence-corrected chi connectivity index (χ0v) is 23.8. The molecule has 202 valence electrons. The third-order valence-corrected chi connectivity index (χ3v) is 8.03. The lowest BCUT2D eigenvalue weighted by Gasteiger charge is -2.13. The lowest BCUT2D eigenvalue weighted by Crippen LogP contribution is -1.91. The van der Waals surface area contributed by atoms with Crippen LogP contribution in [0.2, 0.25) is 0 Å². The van der Waals surface area contributed by atoms with Gasteiger partial charge in [-0.05, 0) is 99.9 Å². The van der Waals surface area contributed by atoms with E-state index >= 15 is 0 Å². The van der Waals surface area contributed by atoms with Crippen LogP contribution in [-0.2, 0) is 0 Å². The molecule has 0 N–H and O–H groups in total. The molecule has 0 unspecified atom stereocenters. The highest BCUT2D eigenvalue weighted by Crippen LogP contribution is 2.37. The number of fused-ring (bicyclic) bond motifs is 3. The van der Waals surface area contributed by atoms with Gasteiger partial charge in [0.15, 0.2) is 0 Å². The molecule has 0 bridgehead atoms. The van der Waals surface area contributed by atoms with Gasteiger partial charge < -0.3 is 0 Å². The molecule has 1 heterocycles. The van der Waals surface area contributed by atoms with E-state index in [-0.39, 0.29) is 0 Å². The maximum atomic E-state index is 9.18. The largest absolute Gasteiger partial charge is 0.262 e. The molecule has 0 radical (unpaired) electrons. The van der Waals surface area contributed by atoms with Gasteiger partial charge in [-0.1, -0.05) is 91.0 Å². The monoisotopic (exact) mass is 549 g/mol. The van der Waals surface area contributed by atoms with Crippen LogP contribution in [0.1, 0.15) is 18.1 Å². The van der Waals surface area contributed by atoms with E-state index in [9.17, 15) is 5.26 Å². The molecule has 0 saturated heterocycles. The zero-order chi connectivity index (χ0) is 29.3. The van der Waals surface area contributed by atoms with Gasteiger partial charge in [-0.15, -0.1) is 0 Å². The molecule has 3 heteroatoms. The Balaban J connectivity index is 1.38. The highest BCUT2D eigenvalue weighted by Gasteiger charge is 2.13. The fourth-order valence-electron chi connectivity index (χ4n) is 5.85. The fraction of sp³-hybridized carbons (Fsp3) is 0.0250. The molecule has 0 aliphatic carbocycles. The molecular formula is C40H27N3. The number of allylic oxidation sites excluding steroid dienone is 1. The van der Waals surface area contributed by atoms with Crippen LogP contribution in [0.5, 0.6) is 0 Å². The fourth-order valence-corrected chi connectivity index (χ4v) is 5.85. The van der Waals surface area contributed by atoms with Gasteiger partial charge in [0.05, 0.1) is 28.5 Å². The van der Waals surface area contributed by atoms with Crippen molar-refractivity contribution < 1.29 is 0 Å². The van der Waals surface area contributed by atoms with Crippen molar-refractivity contribution in [3.63, 3.8) is 0 Å². The Morgan fingerprint density at radius 3 is 2.09 bits per heavy atom. The number of aromatic nitrogens is 1. The topological polar surface area (TPSA) is 49.0 Å². The number of nitrogens with zero attached hydrogens (tertiary/aromatic N) is 3. The van der Waals surface area contributed by atoms with Crippen LogP contribution in [0, 0.1) is 11.3 Å². The highest BCUT2D eigenvalue weighted by atomic mass is 14.8. The van der Waals surface area contributed by atoms with Crippen molar-refractivity contribution in [1.82, 2.24) is 4.98 Å². The second-order valence-electron chi connectivity index (χ2n) is 10.6. The lowest BCUT2D eigenvalue weighted by atomic mass is 9.93. The minimum absolute atomic E-state index is 0.662. The average Bonchev–Trinajstić information content (AvgIpc) is 3.07. The van der Waals surface area contributed by atoms with Crippen LogP contribution in [-0.4, -0.2) is 11.7 Å². The molecule has 1 aromatic heterocycles. The standard InChI is InChI=1S/C40H27N3/c1-3-6-29-15-16-30-19-20-38(43-40(30)39(29)42-2)37-24-35(23-33-7-4-5-8-36(33)37)32-18-14-28-13-17-31(21-34(28)22-32)27-11-9-26(25-41)10-12-27/h3-24H,2H2,1H3/b6-3-. The van der Waals surface area contributed by atoms with E-state index in [1.54, 1.807) is 0 Å². The quantitative estimate of drug-likeness (QED) is 0.201. The zero-order valence-electron chi connectivity index (χ0n) is 23.8. The van der Waals surface area contributed by atoms with Crippen LogP contribution in [0.25, 0.3) is 72.0 Å². The number of rotatable bonds is 5. The van der Waals surface area contributed by atoms with Crippen LogP contribution in [0.3, 0.4) is 0 Å². The van der Waals surface area contributed by atoms with Crippen LogP contribution in [0.4, 0.5) is 5.69 Å². The predicted molar refractivity (Wildman–Crippen MR) is 182 cm³/mol. The summed E-state index contributed by atoms with van der Waals surface area (Å²) in [5.41, 5.74) is 9.77. The lowest BCUT2D eigenvalue weighted by molar-refractivity contribution is 1.39. The SMILES string of the molecule is C=Nc1c(/C=C\C)ccc2ccc(-c3cc(-c4ccc5ccc(-c6ccc(C#N)cc6)cc5c4)cc4ccccc34)nc12. The number of benzene rings is 6. The van der Waals surface area contributed by atoms with Gasteiger partial charge in [0.25, 0.3) is 0 Å². The van der Waals surface area contributed by atoms with E-state index < -0.39 is 0 Å². The van der Waals surface area contributed by atoms with Crippen molar-refractivity contribution in [1.29, 1.82) is 5.26 Å². The Bertz CT molecular complexity index is 2270. The van der Waals surface area contributed by atoms with E-state index in [1.807, 2.05) is 43.3 Å². The number of nitriles is 1. The highest BCUT2D eigenvalue weighted by molar-refractivity contribution is 6.02. The van der Waals surface area contributed by atoms with Gasteiger partial charge in [-0.3, -0.25) is 4.99 Å². The maximum Gasteiger partial charge on any atom is 0.0991 e. The molecule has 0 spiro atoms. The van der Waals surface area contributed by atoms with E-state index in [1.165, 1.54) is 5.39 Å². The van der Waals surface area contributed by atoms with Crippen LogP contribution < -0.4 is 0 Å². The summed E-state index contributed by atoms with van der Waals surface area (Å²) in [7, 11) is 0. The molecule has 0 atom stereocenters. The molecule has 6 aromatic carbocycles. The molecule has 7 rings (SSSR count). The summed E-state index contributed by atoms with van der Waals surface area (Å²) >= 11 is 0. The third-order valence-electron chi connectivity index (χ3n) is 8.03. The Morgan fingerprint density at radius 2 is 1.35 bits per heavy atom. The third kappa shape index (κ3) is 4.76. The summed E-state index contributed by atoms with van der Waals surface area (Å²) in [4.78, 5) is 9.53. The van der Waals surface area contributed by atoms with E-state index in [2.05, 4.69) is 115 Å². The van der Waals surface area contributed by atoms with Crippen molar-refractivity contribution >= 4 is 50.9 Å². The summed E-state index contributed by atoms with van der Waals surface area (Å²) in [6, 6.07) is 44.4. The maximum absolute atomic E-state index is 9.18. The predicted octanol–water partition coefficient (Wildman–Crippen LogP) is 10.8. The number of hydrogen-bond donors (Lipinski definition) is 0. The van der Waals surface area contributed by atoms with Gasteiger partial charge in [-0.25, -0.2) is 4.98 Å². The molecule has 0 fully saturated rings. The van der Waals surface area contributed by atoms with Gasteiger partial charge in [0, 0.05) is 16.5 Å². The number of hydrogen-bond acceptors (Lipinski definition) is 3. The van der Waals surface area contributed by atoms with Crippen molar-refractivity contribution in [3.05, 3.63) is 139 Å². The summed E-state index contributed by atoms with van der Waals surface area (Å²) in [6.45, 7) is 5.85. The van der Waals surface area contributed by atoms with E-state index in [0.29, 0.717) is 5.56 Å². The van der Waals surface area contributed by atoms with E-state index in [0.717, 1.165) is 71.8 Å². The van der Waals surface area contributed by atoms with Gasteiger partial charge in [-0.2, -0.15) is 5.26 Å². The second kappa shape index (κ2) is 10.9. The normalized spacial score (nSPS) is 11.3. The van der Waals surface area contributed by atoms with Crippen molar-refractivity contribution in [2.24, 2.45) is 4.99 Å². The summed E-state index contributed by atoms with van der Waals surface area (Å²) < 4.78 is 0. The molecular weight excluding hydrogens is 522 g/mol.